The van der Waals surface area contributed by atoms with E-state index < -0.39 is 73.3 Å². The minimum Gasteiger partial charge on any atom is -0.461 e. The maximum atomic E-state index is 14.5. The van der Waals surface area contributed by atoms with Crippen LogP contribution < -0.4 is 0 Å². The van der Waals surface area contributed by atoms with Gasteiger partial charge in [-0.1, -0.05) is 71.1 Å². The van der Waals surface area contributed by atoms with Crippen molar-refractivity contribution in [2.24, 2.45) is 35.5 Å². The number of rotatable bonds is 8. The number of allylic oxidation sites excluding steroid dienone is 6. The number of fused-ring (bicyclic) bond motifs is 3. The molecule has 0 radical (unpaired) electrons. The molecule has 1 aliphatic carbocycles. The summed E-state index contributed by atoms with van der Waals surface area (Å²) in [6, 6.07) is -1.04. The van der Waals surface area contributed by atoms with Gasteiger partial charge in [0.05, 0.1) is 24.4 Å². The number of methoxy groups -OCH3 is 3. The minimum absolute atomic E-state index is 0.0602. The number of ketones is 2. The summed E-state index contributed by atoms with van der Waals surface area (Å²) in [7, 11) is 1.93. The fourth-order valence-corrected chi connectivity index (χ4v) is 11.6. The molecule has 0 unspecified atom stereocenters. The summed E-state index contributed by atoms with van der Waals surface area (Å²) in [5.41, 5.74) is 1.50. The van der Waals surface area contributed by atoms with E-state index in [1.807, 2.05) is 64.2 Å². The van der Waals surface area contributed by atoms with Gasteiger partial charge in [-0.2, -0.15) is 0 Å². The predicted octanol–water partition coefficient (Wildman–Crippen LogP) is 8.56. The molecule has 0 spiro atoms. The molecule has 0 aromatic carbocycles. The van der Waals surface area contributed by atoms with E-state index >= 15 is 0 Å². The number of esters is 1. The number of nitrogens with zero attached hydrogens (tertiary/aromatic N) is 1. The van der Waals surface area contributed by atoms with Crippen LogP contribution in [0.15, 0.2) is 47.6 Å². The zero-order valence-corrected chi connectivity index (χ0v) is 44.1. The molecule has 15 heteroatoms. The quantitative estimate of drug-likeness (QED) is 0.102. The molecule has 3 fully saturated rings. The van der Waals surface area contributed by atoms with Crippen molar-refractivity contribution in [2.45, 2.75) is 186 Å². The molecule has 1 amide bonds. The lowest BCUT2D eigenvalue weighted by Crippen LogP contribution is -2.61. The predicted molar refractivity (Wildman–Crippen MR) is 263 cm³/mol. The Morgan fingerprint density at radius 2 is 1.54 bits per heavy atom. The van der Waals surface area contributed by atoms with E-state index in [1.165, 1.54) is 12.0 Å². The molecule has 0 aromatic heterocycles. The van der Waals surface area contributed by atoms with Gasteiger partial charge >= 0.3 is 5.97 Å². The molecular weight excluding hydrogens is 890 g/mol. The fraction of sp³-hybridized carbons (Fsp3) is 0.774. The van der Waals surface area contributed by atoms with Gasteiger partial charge in [-0.25, -0.2) is 4.79 Å². The van der Waals surface area contributed by atoms with Crippen molar-refractivity contribution < 1.29 is 62.2 Å². The second-order valence-electron chi connectivity index (χ2n) is 21.0. The van der Waals surface area contributed by atoms with Crippen molar-refractivity contribution in [2.75, 3.05) is 41.2 Å². The number of ether oxygens (including phenoxy) is 5. The number of amides is 1. The van der Waals surface area contributed by atoms with E-state index in [9.17, 15) is 34.0 Å². The highest BCUT2D eigenvalue weighted by molar-refractivity contribution is 7.57. The van der Waals surface area contributed by atoms with Crippen LogP contribution in [0.2, 0.25) is 0 Å². The molecule has 4 aliphatic rings. The largest absolute Gasteiger partial charge is 0.461 e. The van der Waals surface area contributed by atoms with Crippen LogP contribution in [0.5, 0.6) is 0 Å². The highest BCUT2D eigenvalue weighted by Crippen LogP contribution is 2.45. The molecule has 68 heavy (non-hydrogen) atoms. The lowest BCUT2D eigenvalue weighted by atomic mass is 9.78. The number of aliphatic hydroxyl groups is 2. The number of carbonyl (C=O) groups is 4. The first-order valence-electron chi connectivity index (χ1n) is 25.2. The summed E-state index contributed by atoms with van der Waals surface area (Å²) in [4.78, 5) is 58.1. The van der Waals surface area contributed by atoms with Crippen LogP contribution in [-0.2, 0) is 52.0 Å². The Hall–Kier alpha value is -2.81. The smallest absolute Gasteiger partial charge is 0.329 e. The molecule has 15 atom stereocenters. The summed E-state index contributed by atoms with van der Waals surface area (Å²) in [6.07, 6.45) is 14.7. The molecule has 386 valence electrons. The van der Waals surface area contributed by atoms with E-state index in [0.717, 1.165) is 12.0 Å². The average Bonchev–Trinajstić information content (AvgIpc) is 3.29. The van der Waals surface area contributed by atoms with Crippen molar-refractivity contribution in [3.63, 3.8) is 0 Å². The van der Waals surface area contributed by atoms with E-state index in [4.69, 9.17) is 28.2 Å². The van der Waals surface area contributed by atoms with Crippen molar-refractivity contribution in [3.05, 3.63) is 47.6 Å². The second-order valence-corrected chi connectivity index (χ2v) is 23.7. The molecule has 1 saturated carbocycles. The third-order valence-electron chi connectivity index (χ3n) is 14.9. The molecule has 2 bridgehead atoms. The van der Waals surface area contributed by atoms with E-state index in [1.54, 1.807) is 41.4 Å². The molecule has 0 aromatic rings. The lowest BCUT2D eigenvalue weighted by Gasteiger charge is -2.42. The lowest BCUT2D eigenvalue weighted by molar-refractivity contribution is -0.265. The molecule has 2 N–H and O–H groups in total. The molecule has 3 aliphatic heterocycles. The van der Waals surface area contributed by atoms with Gasteiger partial charge in [-0.15, -0.1) is 0 Å². The van der Waals surface area contributed by atoms with E-state index in [-0.39, 0.29) is 54.1 Å². The number of cyclic esters (lactones) is 1. The Kier molecular flexibility index (Phi) is 22.6. The number of Topliss-reactive ketones (excluding diaryl/α,β-unsaturated/α-hetero) is 2. The van der Waals surface area contributed by atoms with Crippen LogP contribution in [-0.4, -0.2) is 134 Å². The first-order chi connectivity index (χ1) is 32.0. The SMILES string of the molecule is CO[C@H]1C[C@@H]2CC[C@@H](C)[C@@](O)(O2)C(=O)C(=O)N2CCCC[C@H]2C(=O)O[C@H]([C@H](C)C[C@@H]2CC[C@@H](OP(C)(C)=O)[C@H](OC)C2)CC[C@H](C)/C=C(\C)[C@@H](O)[C@@H](OC)C(=O)[C@H](C)C[C@H](C)/C=C/C=CC=C1C. The summed E-state index contributed by atoms with van der Waals surface area (Å²) in [5, 5.41) is 23.5. The molecule has 3 heterocycles. The standard InChI is InChI=1S/C53H86NO13P/c1-33-18-14-13-15-19-35(3)45(62-8)32-41-24-22-39(7)53(60,66-41)50(57)51(58)54-27-17-16-20-42(54)52(59)65-43(36(4)30-40-23-26-44(46(31-40)63-9)67-68(11,12)61)25-21-34(2)29-38(6)48(56)49(64-10)47(55)37(5)28-33/h13-15,18-19,29,33-34,36-37,39-46,48-49,56,60H,16-17,20-28,30-32H2,1-12H3/b15-13?,18-14+,35-19?,38-29+/t33-,34+,36-,37-,39-,40+,41+,42+,43+,44-,45+,46-,48-,49+,53-/m1/s1. The molecule has 2 saturated heterocycles. The third kappa shape index (κ3) is 16.1. The molecular formula is C53H86NO13P. The molecule has 14 nitrogen and oxygen atoms in total. The monoisotopic (exact) mass is 976 g/mol. The van der Waals surface area contributed by atoms with Crippen LogP contribution in [0.25, 0.3) is 0 Å². The van der Waals surface area contributed by atoms with Gasteiger partial charge in [0, 0.05) is 59.5 Å². The fourth-order valence-electron chi connectivity index (χ4n) is 10.7. The van der Waals surface area contributed by atoms with Crippen LogP contribution in [0.4, 0.5) is 0 Å². The molecule has 4 rings (SSSR count). The van der Waals surface area contributed by atoms with E-state index in [2.05, 4.69) is 6.92 Å². The Morgan fingerprint density at radius 3 is 2.21 bits per heavy atom. The number of aliphatic hydroxyl groups excluding tert-OH is 1. The van der Waals surface area contributed by atoms with Gasteiger partial charge in [-0.3, -0.25) is 18.9 Å². The highest BCUT2D eigenvalue weighted by atomic mass is 31.2. The van der Waals surface area contributed by atoms with Gasteiger partial charge in [0.2, 0.25) is 5.79 Å². The van der Waals surface area contributed by atoms with Crippen LogP contribution in [0.1, 0.15) is 132 Å². The summed E-state index contributed by atoms with van der Waals surface area (Å²) in [5.74, 6) is -6.23. The Balaban J connectivity index is 1.67. The van der Waals surface area contributed by atoms with Gasteiger partial charge in [-0.05, 0) is 126 Å². The van der Waals surface area contributed by atoms with Crippen LogP contribution in [0.3, 0.4) is 0 Å². The highest BCUT2D eigenvalue weighted by Gasteiger charge is 2.53. The van der Waals surface area contributed by atoms with Crippen molar-refractivity contribution >= 4 is 30.8 Å². The van der Waals surface area contributed by atoms with Crippen LogP contribution in [0, 0.1) is 35.5 Å². The van der Waals surface area contributed by atoms with E-state index in [0.29, 0.717) is 82.6 Å². The summed E-state index contributed by atoms with van der Waals surface area (Å²) >= 11 is 0. The topological polar surface area (TPSA) is 184 Å². The van der Waals surface area contributed by atoms with Crippen molar-refractivity contribution in [3.8, 4) is 0 Å². The minimum atomic E-state index is -2.75. The summed E-state index contributed by atoms with van der Waals surface area (Å²) < 4.78 is 48.5. The normalized spacial score (nSPS) is 38.1. The van der Waals surface area contributed by atoms with Gasteiger partial charge in [0.15, 0.2) is 13.2 Å². The van der Waals surface area contributed by atoms with Crippen molar-refractivity contribution in [1.29, 1.82) is 0 Å². The van der Waals surface area contributed by atoms with Gasteiger partial charge in [0.25, 0.3) is 11.7 Å². The third-order valence-corrected chi connectivity index (χ3v) is 15.7. The first-order valence-corrected chi connectivity index (χ1v) is 27.7. The zero-order chi connectivity index (χ0) is 50.5. The zero-order valence-electron chi connectivity index (χ0n) is 43.2. The van der Waals surface area contributed by atoms with Crippen LogP contribution >= 0.6 is 7.37 Å². The number of hydrogen-bond donors (Lipinski definition) is 2. The average molecular weight is 976 g/mol. The van der Waals surface area contributed by atoms with Gasteiger partial charge in [0.1, 0.15) is 24.4 Å². The Morgan fingerprint density at radius 1 is 0.824 bits per heavy atom. The van der Waals surface area contributed by atoms with Gasteiger partial charge < -0.3 is 43.3 Å². The van der Waals surface area contributed by atoms with Crippen molar-refractivity contribution in [1.82, 2.24) is 4.90 Å². The Labute approximate surface area is 407 Å². The number of hydrogen-bond acceptors (Lipinski definition) is 13. The second kappa shape index (κ2) is 26.6. The number of piperidine rings is 1. The maximum absolute atomic E-state index is 14.5. The Bertz CT molecular complexity index is 1860. The maximum Gasteiger partial charge on any atom is 0.329 e. The first kappa shape index (κ1) is 57.8. The number of carbonyl (C=O) groups excluding carboxylic acids is 4. The summed E-state index contributed by atoms with van der Waals surface area (Å²) in [6.45, 7) is 16.8.